The second-order valence-electron chi connectivity index (χ2n) is 7.33. The van der Waals surface area contributed by atoms with Crippen LogP contribution in [0.15, 0.2) is 82.8 Å². The molecule has 1 aromatic heterocycles. The number of benzene rings is 3. The van der Waals surface area contributed by atoms with E-state index in [1.165, 1.54) is 5.39 Å². The first kappa shape index (κ1) is 20.6. The van der Waals surface area contributed by atoms with Crippen LogP contribution in [-0.4, -0.2) is 10.5 Å². The van der Waals surface area contributed by atoms with Gasteiger partial charge in [-0.05, 0) is 72.7 Å². The Kier molecular flexibility index (Phi) is 5.75. The van der Waals surface area contributed by atoms with Crippen LogP contribution in [0.5, 0.6) is 0 Å². The minimum atomic E-state index is -0.434. The molecular weight excluding hydrogens is 450 g/mol. The molecular formula is C26H20BrN3O. The molecule has 0 bridgehead atoms. The summed E-state index contributed by atoms with van der Waals surface area (Å²) < 4.78 is 2.99. The summed E-state index contributed by atoms with van der Waals surface area (Å²) in [5.74, 6) is -0.434. The van der Waals surface area contributed by atoms with E-state index in [1.54, 1.807) is 18.2 Å². The molecule has 0 fully saturated rings. The van der Waals surface area contributed by atoms with Gasteiger partial charge in [-0.3, -0.25) is 4.79 Å². The Hall–Kier alpha value is -3.62. The quantitative estimate of drug-likeness (QED) is 0.271. The summed E-state index contributed by atoms with van der Waals surface area (Å²) in [6.07, 6.45) is 1.65. The Balaban J connectivity index is 1.68. The van der Waals surface area contributed by atoms with Gasteiger partial charge in [-0.1, -0.05) is 52.3 Å². The third-order valence-electron chi connectivity index (χ3n) is 5.21. The summed E-state index contributed by atoms with van der Waals surface area (Å²) in [6, 6.07) is 25.9. The first-order chi connectivity index (χ1) is 15.0. The normalized spacial score (nSPS) is 11.4. The van der Waals surface area contributed by atoms with Crippen molar-refractivity contribution in [3.8, 4) is 11.8 Å². The number of fused-ring (bicyclic) bond motifs is 1. The molecule has 0 radical (unpaired) electrons. The molecule has 4 rings (SSSR count). The van der Waals surface area contributed by atoms with Gasteiger partial charge in [-0.25, -0.2) is 0 Å². The van der Waals surface area contributed by atoms with Gasteiger partial charge >= 0.3 is 0 Å². The molecule has 4 nitrogen and oxygen atoms in total. The van der Waals surface area contributed by atoms with Crippen molar-refractivity contribution in [1.29, 1.82) is 5.26 Å². The van der Waals surface area contributed by atoms with E-state index in [4.69, 9.17) is 0 Å². The highest BCUT2D eigenvalue weighted by atomic mass is 79.9. The molecule has 0 aliphatic heterocycles. The molecule has 1 amide bonds. The van der Waals surface area contributed by atoms with Crippen molar-refractivity contribution in [2.75, 3.05) is 5.32 Å². The van der Waals surface area contributed by atoms with Gasteiger partial charge < -0.3 is 9.88 Å². The Bertz CT molecular complexity index is 1380. The second-order valence-corrected chi connectivity index (χ2v) is 8.24. The molecule has 1 heterocycles. The Labute approximate surface area is 189 Å². The molecule has 5 heteroatoms. The number of halogens is 1. The Morgan fingerprint density at radius 1 is 1.00 bits per heavy atom. The zero-order valence-electron chi connectivity index (χ0n) is 17.2. The van der Waals surface area contributed by atoms with E-state index in [0.29, 0.717) is 5.69 Å². The van der Waals surface area contributed by atoms with E-state index in [-0.39, 0.29) is 5.57 Å². The number of carbonyl (C=O) groups is 1. The molecule has 0 aliphatic carbocycles. The molecule has 31 heavy (non-hydrogen) atoms. The van der Waals surface area contributed by atoms with Crippen molar-refractivity contribution in [1.82, 2.24) is 4.57 Å². The predicted molar refractivity (Wildman–Crippen MR) is 129 cm³/mol. The third-order valence-corrected chi connectivity index (χ3v) is 5.70. The fourth-order valence-electron chi connectivity index (χ4n) is 3.72. The second kappa shape index (κ2) is 8.63. The lowest BCUT2D eigenvalue weighted by molar-refractivity contribution is -0.112. The van der Waals surface area contributed by atoms with E-state index >= 15 is 0 Å². The van der Waals surface area contributed by atoms with Crippen molar-refractivity contribution in [2.45, 2.75) is 13.8 Å². The van der Waals surface area contributed by atoms with Crippen LogP contribution >= 0.6 is 15.9 Å². The van der Waals surface area contributed by atoms with Crippen LogP contribution in [0.1, 0.15) is 17.0 Å². The lowest BCUT2D eigenvalue weighted by Crippen LogP contribution is -2.13. The van der Waals surface area contributed by atoms with E-state index in [2.05, 4.69) is 56.1 Å². The number of nitrogens with one attached hydrogen (secondary N) is 1. The molecule has 152 valence electrons. The predicted octanol–water partition coefficient (Wildman–Crippen LogP) is 6.56. The maximum absolute atomic E-state index is 12.7. The molecule has 0 saturated heterocycles. The van der Waals surface area contributed by atoms with Gasteiger partial charge in [0, 0.05) is 27.2 Å². The zero-order valence-corrected chi connectivity index (χ0v) is 18.8. The summed E-state index contributed by atoms with van der Waals surface area (Å²) >= 11 is 3.38. The Morgan fingerprint density at radius 3 is 2.52 bits per heavy atom. The lowest BCUT2D eigenvalue weighted by Gasteiger charge is -2.11. The van der Waals surface area contributed by atoms with Crippen LogP contribution in [0.25, 0.3) is 22.5 Å². The number of carbonyl (C=O) groups excluding carboxylic acids is 1. The van der Waals surface area contributed by atoms with Crippen molar-refractivity contribution in [3.05, 3.63) is 99.8 Å². The smallest absolute Gasteiger partial charge is 0.266 e. The summed E-state index contributed by atoms with van der Waals surface area (Å²) in [5.41, 5.74) is 4.57. The lowest BCUT2D eigenvalue weighted by atomic mass is 10.1. The van der Waals surface area contributed by atoms with Gasteiger partial charge in [0.2, 0.25) is 0 Å². The average Bonchev–Trinajstić information content (AvgIpc) is 3.04. The van der Waals surface area contributed by atoms with Crippen molar-refractivity contribution in [3.63, 3.8) is 0 Å². The highest BCUT2D eigenvalue weighted by Crippen LogP contribution is 2.26. The highest BCUT2D eigenvalue weighted by Gasteiger charge is 2.14. The molecule has 3 aromatic carbocycles. The SMILES string of the molecule is Cc1cc(/C=C(/C#N)C(=O)Nc2cccc(Br)c2)c(C)n1-c1ccc2ccccc2c1. The summed E-state index contributed by atoms with van der Waals surface area (Å²) in [7, 11) is 0. The molecule has 4 aromatic rings. The maximum Gasteiger partial charge on any atom is 0.266 e. The third kappa shape index (κ3) is 4.30. The van der Waals surface area contributed by atoms with E-state index in [0.717, 1.165) is 32.5 Å². The van der Waals surface area contributed by atoms with E-state index < -0.39 is 5.91 Å². The van der Waals surface area contributed by atoms with Crippen LogP contribution in [0.2, 0.25) is 0 Å². The van der Waals surface area contributed by atoms with E-state index in [9.17, 15) is 10.1 Å². The van der Waals surface area contributed by atoms with Gasteiger partial charge in [0.05, 0.1) is 0 Å². The number of aryl methyl sites for hydroxylation is 1. The number of rotatable bonds is 4. The number of nitrogens with zero attached hydrogens (tertiary/aromatic N) is 2. The number of aromatic nitrogens is 1. The van der Waals surface area contributed by atoms with Gasteiger partial charge in [-0.2, -0.15) is 5.26 Å². The fourth-order valence-corrected chi connectivity index (χ4v) is 4.11. The summed E-state index contributed by atoms with van der Waals surface area (Å²) in [6.45, 7) is 4.02. The van der Waals surface area contributed by atoms with E-state index in [1.807, 2.05) is 50.2 Å². The standard InChI is InChI=1S/C26H20BrN3O/c1-17-12-21(13-22(16-28)26(31)29-24-9-5-8-23(27)15-24)18(2)30(17)25-11-10-19-6-3-4-7-20(19)14-25/h3-15H,1-2H3,(H,29,31)/b22-13-. The molecule has 0 unspecified atom stereocenters. The molecule has 1 N–H and O–H groups in total. The number of nitriles is 1. The van der Waals surface area contributed by atoms with Crippen LogP contribution in [0.3, 0.4) is 0 Å². The van der Waals surface area contributed by atoms with Gasteiger partial charge in [0.25, 0.3) is 5.91 Å². The monoisotopic (exact) mass is 469 g/mol. The van der Waals surface area contributed by atoms with Gasteiger partial charge in [0.15, 0.2) is 0 Å². The maximum atomic E-state index is 12.7. The van der Waals surface area contributed by atoms with Gasteiger partial charge in [-0.15, -0.1) is 0 Å². The summed E-state index contributed by atoms with van der Waals surface area (Å²) in [5, 5.41) is 14.7. The van der Waals surface area contributed by atoms with Crippen LogP contribution < -0.4 is 5.32 Å². The fraction of sp³-hybridized carbons (Fsp3) is 0.0769. The molecule has 0 aliphatic rings. The number of hydrogen-bond acceptors (Lipinski definition) is 2. The van der Waals surface area contributed by atoms with Crippen molar-refractivity contribution in [2.24, 2.45) is 0 Å². The Morgan fingerprint density at radius 2 is 1.77 bits per heavy atom. The van der Waals surface area contributed by atoms with Gasteiger partial charge in [0.1, 0.15) is 11.6 Å². The average molecular weight is 470 g/mol. The minimum Gasteiger partial charge on any atom is -0.321 e. The van der Waals surface area contributed by atoms with Crippen LogP contribution in [-0.2, 0) is 4.79 Å². The molecule has 0 saturated carbocycles. The molecule has 0 spiro atoms. The highest BCUT2D eigenvalue weighted by molar-refractivity contribution is 9.10. The number of anilines is 1. The number of amides is 1. The van der Waals surface area contributed by atoms with Crippen LogP contribution in [0, 0.1) is 25.2 Å². The topological polar surface area (TPSA) is 57.8 Å². The number of hydrogen-bond donors (Lipinski definition) is 1. The first-order valence-electron chi connectivity index (χ1n) is 9.83. The molecule has 0 atom stereocenters. The first-order valence-corrected chi connectivity index (χ1v) is 10.6. The zero-order chi connectivity index (χ0) is 22.0. The van der Waals surface area contributed by atoms with Crippen LogP contribution in [0.4, 0.5) is 5.69 Å². The summed E-state index contributed by atoms with van der Waals surface area (Å²) in [4.78, 5) is 12.7. The van der Waals surface area contributed by atoms with Crippen molar-refractivity contribution >= 4 is 44.4 Å². The van der Waals surface area contributed by atoms with Crippen molar-refractivity contribution < 1.29 is 4.79 Å². The largest absolute Gasteiger partial charge is 0.321 e. The minimum absolute atomic E-state index is 0.0544.